The average molecular weight is 282 g/mol. The van der Waals surface area contributed by atoms with Crippen LogP contribution in [0, 0.1) is 17.3 Å². The van der Waals surface area contributed by atoms with Gasteiger partial charge in [0.25, 0.3) is 0 Å². The van der Waals surface area contributed by atoms with Crippen molar-refractivity contribution in [2.24, 2.45) is 17.3 Å². The van der Waals surface area contributed by atoms with E-state index in [-0.39, 0.29) is 0 Å². The number of carbonyl (C=O) groups excluding carboxylic acids is 1. The second kappa shape index (κ2) is 8.02. The minimum absolute atomic E-state index is 0.311. The lowest BCUT2D eigenvalue weighted by atomic mass is 9.84. The number of amides is 1. The van der Waals surface area contributed by atoms with Crippen molar-refractivity contribution in [2.75, 3.05) is 26.2 Å². The predicted molar refractivity (Wildman–Crippen MR) is 85.7 cm³/mol. The van der Waals surface area contributed by atoms with Gasteiger partial charge in [-0.2, -0.15) is 0 Å². The first kappa shape index (κ1) is 17.5. The first-order valence-corrected chi connectivity index (χ1v) is 8.30. The summed E-state index contributed by atoms with van der Waals surface area (Å²) < 4.78 is 0. The molecule has 1 amide bonds. The molecule has 1 rings (SSSR count). The van der Waals surface area contributed by atoms with E-state index in [2.05, 4.69) is 44.8 Å². The third kappa shape index (κ3) is 6.74. The number of hydrogen-bond donors (Lipinski definition) is 1. The van der Waals surface area contributed by atoms with Gasteiger partial charge < -0.3 is 10.2 Å². The van der Waals surface area contributed by atoms with Gasteiger partial charge in [-0.15, -0.1) is 0 Å². The maximum atomic E-state index is 12.5. The van der Waals surface area contributed by atoms with E-state index in [1.807, 2.05) is 0 Å². The van der Waals surface area contributed by atoms with Crippen molar-refractivity contribution in [1.82, 2.24) is 10.2 Å². The summed E-state index contributed by atoms with van der Waals surface area (Å²) in [5, 5.41) is 3.39. The summed E-state index contributed by atoms with van der Waals surface area (Å²) in [6.07, 6.45) is 4.24. The van der Waals surface area contributed by atoms with Crippen LogP contribution in [0.4, 0.5) is 0 Å². The van der Waals surface area contributed by atoms with Crippen LogP contribution in [0.2, 0.25) is 0 Å². The molecular weight excluding hydrogens is 248 g/mol. The fraction of sp³-hybridized carbons (Fsp3) is 0.941. The third-order valence-corrected chi connectivity index (χ3v) is 4.16. The van der Waals surface area contributed by atoms with Gasteiger partial charge in [-0.05, 0) is 56.5 Å². The zero-order valence-corrected chi connectivity index (χ0v) is 14.2. The molecule has 3 nitrogen and oxygen atoms in total. The van der Waals surface area contributed by atoms with Crippen molar-refractivity contribution in [3.05, 3.63) is 0 Å². The Balaban J connectivity index is 2.41. The van der Waals surface area contributed by atoms with Crippen LogP contribution in [0.3, 0.4) is 0 Å². The molecule has 1 atom stereocenters. The molecule has 118 valence electrons. The highest BCUT2D eigenvalue weighted by Crippen LogP contribution is 2.26. The van der Waals surface area contributed by atoms with Gasteiger partial charge in [-0.25, -0.2) is 0 Å². The Morgan fingerprint density at radius 2 is 1.90 bits per heavy atom. The number of piperidine rings is 1. The van der Waals surface area contributed by atoms with Crippen molar-refractivity contribution in [3.8, 4) is 0 Å². The molecular formula is C17H34N2O. The molecule has 3 heteroatoms. The second-order valence-electron chi connectivity index (χ2n) is 7.70. The lowest BCUT2D eigenvalue weighted by Crippen LogP contribution is -2.39. The summed E-state index contributed by atoms with van der Waals surface area (Å²) >= 11 is 0. The molecule has 1 aliphatic rings. The Morgan fingerprint density at radius 1 is 1.30 bits per heavy atom. The highest BCUT2D eigenvalue weighted by atomic mass is 16.2. The maximum absolute atomic E-state index is 12.5. The molecule has 0 bridgehead atoms. The first-order valence-electron chi connectivity index (χ1n) is 8.30. The Kier molecular flexibility index (Phi) is 7.01. The molecule has 1 N–H and O–H groups in total. The van der Waals surface area contributed by atoms with Gasteiger partial charge in [0.15, 0.2) is 0 Å². The Bertz CT molecular complexity index is 290. The van der Waals surface area contributed by atoms with Gasteiger partial charge in [0.2, 0.25) is 5.91 Å². The molecule has 1 saturated heterocycles. The molecule has 20 heavy (non-hydrogen) atoms. The van der Waals surface area contributed by atoms with Crippen molar-refractivity contribution >= 4 is 5.91 Å². The minimum atomic E-state index is 0.311. The lowest BCUT2D eigenvalue weighted by Gasteiger charge is -2.31. The first-order chi connectivity index (χ1) is 9.31. The van der Waals surface area contributed by atoms with E-state index in [0.29, 0.717) is 29.6 Å². The van der Waals surface area contributed by atoms with Gasteiger partial charge in [-0.3, -0.25) is 4.79 Å². The molecule has 1 fully saturated rings. The summed E-state index contributed by atoms with van der Waals surface area (Å²) in [6, 6.07) is 0. The second-order valence-corrected chi connectivity index (χ2v) is 7.70. The van der Waals surface area contributed by atoms with Crippen LogP contribution >= 0.6 is 0 Å². The van der Waals surface area contributed by atoms with E-state index in [9.17, 15) is 4.79 Å². The van der Waals surface area contributed by atoms with E-state index in [1.165, 1.54) is 12.8 Å². The topological polar surface area (TPSA) is 32.3 Å². The molecule has 0 aromatic heterocycles. The van der Waals surface area contributed by atoms with Crippen LogP contribution in [0.5, 0.6) is 0 Å². The van der Waals surface area contributed by atoms with E-state index < -0.39 is 0 Å². The van der Waals surface area contributed by atoms with Crippen LogP contribution in [-0.2, 0) is 4.79 Å². The normalized spacial score (nSPS) is 18.9. The largest absolute Gasteiger partial charge is 0.343 e. The fourth-order valence-corrected chi connectivity index (χ4v) is 3.33. The SMILES string of the molecule is CCN(CC1CCNCC1)C(=O)CC(C)CC(C)(C)C. The summed E-state index contributed by atoms with van der Waals surface area (Å²) in [5.74, 6) is 1.52. The summed E-state index contributed by atoms with van der Waals surface area (Å²) in [6.45, 7) is 15.1. The van der Waals surface area contributed by atoms with Crippen molar-refractivity contribution < 1.29 is 4.79 Å². The monoisotopic (exact) mass is 282 g/mol. The number of nitrogens with one attached hydrogen (secondary N) is 1. The average Bonchev–Trinajstić information content (AvgIpc) is 2.34. The quantitative estimate of drug-likeness (QED) is 0.810. The molecule has 0 spiro atoms. The van der Waals surface area contributed by atoms with E-state index in [0.717, 1.165) is 32.6 Å². The van der Waals surface area contributed by atoms with Crippen LogP contribution in [0.25, 0.3) is 0 Å². The highest BCUT2D eigenvalue weighted by molar-refractivity contribution is 5.76. The lowest BCUT2D eigenvalue weighted by molar-refractivity contribution is -0.132. The summed E-state index contributed by atoms with van der Waals surface area (Å²) in [4.78, 5) is 14.5. The molecule has 0 aromatic carbocycles. The Labute approximate surface area is 125 Å². The minimum Gasteiger partial charge on any atom is -0.343 e. The van der Waals surface area contributed by atoms with E-state index >= 15 is 0 Å². The molecule has 0 aromatic rings. The standard InChI is InChI=1S/C17H34N2O/c1-6-19(13-15-7-9-18-10-8-15)16(20)11-14(2)12-17(3,4)5/h14-15,18H,6-13H2,1-5H3. The van der Waals surface area contributed by atoms with Gasteiger partial charge >= 0.3 is 0 Å². The van der Waals surface area contributed by atoms with Crippen LogP contribution in [-0.4, -0.2) is 37.0 Å². The summed E-state index contributed by atoms with van der Waals surface area (Å²) in [5.41, 5.74) is 0.311. The molecule has 1 unspecified atom stereocenters. The van der Waals surface area contributed by atoms with Crippen LogP contribution < -0.4 is 5.32 Å². The number of carbonyl (C=O) groups is 1. The number of nitrogens with zero attached hydrogens (tertiary/aromatic N) is 1. The molecule has 1 heterocycles. The third-order valence-electron chi connectivity index (χ3n) is 4.16. The van der Waals surface area contributed by atoms with Crippen molar-refractivity contribution in [3.63, 3.8) is 0 Å². The zero-order chi connectivity index (χ0) is 15.2. The zero-order valence-electron chi connectivity index (χ0n) is 14.2. The van der Waals surface area contributed by atoms with Crippen molar-refractivity contribution in [2.45, 2.75) is 60.3 Å². The fourth-order valence-electron chi connectivity index (χ4n) is 3.33. The molecule has 0 radical (unpaired) electrons. The smallest absolute Gasteiger partial charge is 0.222 e. The molecule has 1 aliphatic heterocycles. The van der Waals surface area contributed by atoms with Gasteiger partial charge in [0.05, 0.1) is 0 Å². The van der Waals surface area contributed by atoms with Gasteiger partial charge in [0, 0.05) is 19.5 Å². The van der Waals surface area contributed by atoms with E-state index in [1.54, 1.807) is 0 Å². The highest BCUT2D eigenvalue weighted by Gasteiger charge is 2.23. The number of hydrogen-bond acceptors (Lipinski definition) is 2. The number of rotatable bonds is 6. The summed E-state index contributed by atoms with van der Waals surface area (Å²) in [7, 11) is 0. The molecule has 0 aliphatic carbocycles. The predicted octanol–water partition coefficient (Wildman–Crippen LogP) is 3.30. The molecule has 0 saturated carbocycles. The Hall–Kier alpha value is -0.570. The maximum Gasteiger partial charge on any atom is 0.222 e. The van der Waals surface area contributed by atoms with Crippen LogP contribution in [0.15, 0.2) is 0 Å². The van der Waals surface area contributed by atoms with Crippen molar-refractivity contribution in [1.29, 1.82) is 0 Å². The van der Waals surface area contributed by atoms with E-state index in [4.69, 9.17) is 0 Å². The van der Waals surface area contributed by atoms with Gasteiger partial charge in [0.1, 0.15) is 0 Å². The van der Waals surface area contributed by atoms with Gasteiger partial charge in [-0.1, -0.05) is 27.7 Å². The Morgan fingerprint density at radius 3 is 2.40 bits per heavy atom. The van der Waals surface area contributed by atoms with Crippen LogP contribution in [0.1, 0.15) is 60.3 Å².